The van der Waals surface area contributed by atoms with E-state index in [0.29, 0.717) is 0 Å². The largest absolute Gasteiger partial charge is 0.391 e. The molecule has 0 unspecified atom stereocenters. The lowest BCUT2D eigenvalue weighted by Gasteiger charge is -2.45. The molecule has 0 aliphatic heterocycles. The molecule has 0 saturated heterocycles. The van der Waals surface area contributed by atoms with Crippen LogP contribution in [-0.4, -0.2) is 20.8 Å². The van der Waals surface area contributed by atoms with Gasteiger partial charge in [-0.05, 0) is 40.2 Å². The Hall–Kier alpha value is 0.137. The third-order valence-corrected chi connectivity index (χ3v) is 8.17. The van der Waals surface area contributed by atoms with Crippen molar-refractivity contribution in [1.29, 1.82) is 0 Å². The quantitative estimate of drug-likeness (QED) is 0.579. The Morgan fingerprint density at radius 1 is 0.941 bits per heavy atom. The molecule has 0 radical (unpaired) electrons. The summed E-state index contributed by atoms with van der Waals surface area (Å²) >= 11 is 0. The molecule has 0 aliphatic carbocycles. The summed E-state index contributed by atoms with van der Waals surface area (Å²) in [4.78, 5) is 0. The van der Waals surface area contributed by atoms with Gasteiger partial charge in [-0.2, -0.15) is 0 Å². The van der Waals surface area contributed by atoms with Crippen molar-refractivity contribution in [3.63, 3.8) is 0 Å². The number of hydrogen-bond donors (Lipinski definition) is 0. The monoisotopic (exact) mass is 260 g/mol. The van der Waals surface area contributed by atoms with E-state index in [-0.39, 0.29) is 17.2 Å². The summed E-state index contributed by atoms with van der Waals surface area (Å²) < 4.78 is 12.7. The molecule has 0 bridgehead atoms. The van der Waals surface area contributed by atoms with E-state index in [0.717, 1.165) is 6.04 Å². The van der Waals surface area contributed by atoms with Crippen molar-refractivity contribution >= 4 is 8.56 Å². The molecule has 0 rings (SSSR count). The molecule has 0 N–H and O–H groups in total. The highest BCUT2D eigenvalue weighted by atomic mass is 28.4. The van der Waals surface area contributed by atoms with Crippen molar-refractivity contribution in [2.45, 2.75) is 91.5 Å². The molecular weight excluding hydrogens is 228 g/mol. The van der Waals surface area contributed by atoms with Gasteiger partial charge in [0.15, 0.2) is 0 Å². The van der Waals surface area contributed by atoms with Crippen LogP contribution in [0.3, 0.4) is 0 Å². The fraction of sp³-hybridized carbons (Fsp3) is 1.00. The van der Waals surface area contributed by atoms with Crippen LogP contribution >= 0.6 is 0 Å². The lowest BCUT2D eigenvalue weighted by Crippen LogP contribution is -2.53. The molecule has 0 spiro atoms. The van der Waals surface area contributed by atoms with Gasteiger partial charge in [0.2, 0.25) is 0 Å². The molecule has 0 aliphatic rings. The van der Waals surface area contributed by atoms with Crippen LogP contribution in [-0.2, 0) is 8.85 Å². The molecule has 0 saturated carbocycles. The third-order valence-electron chi connectivity index (χ3n) is 3.22. The Labute approximate surface area is 109 Å². The minimum Gasteiger partial charge on any atom is -0.391 e. The SMILES string of the molecule is CCCC(C)(C)[Si](CC)(OC(C)C)OC(C)C. The molecule has 0 atom stereocenters. The summed E-state index contributed by atoms with van der Waals surface area (Å²) in [6, 6.07) is 1.02. The van der Waals surface area contributed by atoms with Crippen molar-refractivity contribution in [3.8, 4) is 0 Å². The molecular formula is C14H32O2Si. The average molecular weight is 260 g/mol. The van der Waals surface area contributed by atoms with Crippen LogP contribution in [0.2, 0.25) is 11.1 Å². The van der Waals surface area contributed by atoms with Crippen LogP contribution in [0.5, 0.6) is 0 Å². The van der Waals surface area contributed by atoms with Crippen molar-refractivity contribution in [2.24, 2.45) is 0 Å². The van der Waals surface area contributed by atoms with E-state index in [2.05, 4.69) is 55.4 Å². The molecule has 0 fully saturated rings. The van der Waals surface area contributed by atoms with Gasteiger partial charge in [0.25, 0.3) is 0 Å². The number of rotatable bonds is 8. The second-order valence-corrected chi connectivity index (χ2v) is 10.1. The minimum atomic E-state index is -2.14. The maximum absolute atomic E-state index is 6.33. The topological polar surface area (TPSA) is 18.5 Å². The first-order valence-corrected chi connectivity index (χ1v) is 9.08. The predicted molar refractivity (Wildman–Crippen MR) is 77.6 cm³/mol. The van der Waals surface area contributed by atoms with Gasteiger partial charge in [-0.3, -0.25) is 0 Å². The van der Waals surface area contributed by atoms with Gasteiger partial charge in [0.1, 0.15) is 0 Å². The maximum Gasteiger partial charge on any atom is 0.344 e. The Bertz CT molecular complexity index is 202. The summed E-state index contributed by atoms with van der Waals surface area (Å²) in [7, 11) is -2.14. The highest BCUT2D eigenvalue weighted by Gasteiger charge is 2.51. The van der Waals surface area contributed by atoms with Crippen LogP contribution < -0.4 is 0 Å². The minimum absolute atomic E-state index is 0.172. The van der Waals surface area contributed by atoms with E-state index < -0.39 is 8.56 Å². The average Bonchev–Trinajstić information content (AvgIpc) is 2.14. The van der Waals surface area contributed by atoms with Gasteiger partial charge < -0.3 is 8.85 Å². The van der Waals surface area contributed by atoms with Crippen molar-refractivity contribution in [1.82, 2.24) is 0 Å². The first-order chi connectivity index (χ1) is 7.70. The number of hydrogen-bond acceptors (Lipinski definition) is 2. The molecule has 104 valence electrons. The first kappa shape index (κ1) is 17.1. The highest BCUT2D eigenvalue weighted by Crippen LogP contribution is 2.46. The molecule has 0 heterocycles. The normalized spacial score (nSPS) is 13.8. The van der Waals surface area contributed by atoms with E-state index in [1.807, 2.05) is 0 Å². The van der Waals surface area contributed by atoms with Crippen LogP contribution in [0.4, 0.5) is 0 Å². The van der Waals surface area contributed by atoms with Crippen molar-refractivity contribution in [3.05, 3.63) is 0 Å². The fourth-order valence-electron chi connectivity index (χ4n) is 2.57. The van der Waals surface area contributed by atoms with Crippen LogP contribution in [0, 0.1) is 0 Å². The van der Waals surface area contributed by atoms with Crippen molar-refractivity contribution in [2.75, 3.05) is 0 Å². The summed E-state index contributed by atoms with van der Waals surface area (Å²) in [5, 5.41) is 0.172. The van der Waals surface area contributed by atoms with Crippen LogP contribution in [0.15, 0.2) is 0 Å². The zero-order chi connectivity index (χ0) is 13.7. The van der Waals surface area contributed by atoms with E-state index >= 15 is 0 Å². The smallest absolute Gasteiger partial charge is 0.344 e. The summed E-state index contributed by atoms with van der Waals surface area (Å²) in [5.41, 5.74) is 0. The Morgan fingerprint density at radius 2 is 1.35 bits per heavy atom. The zero-order valence-electron chi connectivity index (χ0n) is 13.1. The van der Waals surface area contributed by atoms with Gasteiger partial charge in [-0.1, -0.05) is 34.1 Å². The van der Waals surface area contributed by atoms with Gasteiger partial charge in [0.05, 0.1) is 0 Å². The van der Waals surface area contributed by atoms with Gasteiger partial charge in [0, 0.05) is 17.2 Å². The maximum atomic E-state index is 6.33. The second-order valence-electron chi connectivity index (χ2n) is 6.07. The zero-order valence-corrected chi connectivity index (χ0v) is 14.1. The lowest BCUT2D eigenvalue weighted by atomic mass is 10.1. The second kappa shape index (κ2) is 6.91. The summed E-state index contributed by atoms with van der Waals surface area (Å²) in [6.07, 6.45) is 2.85. The van der Waals surface area contributed by atoms with Crippen LogP contribution in [0.1, 0.15) is 68.2 Å². The highest BCUT2D eigenvalue weighted by molar-refractivity contribution is 6.70. The standard InChI is InChI=1S/C14H32O2Si/c1-9-11-14(7,8)17(10-2,15-12(3)4)16-13(5)6/h12-13H,9-11H2,1-8H3. The summed E-state index contributed by atoms with van der Waals surface area (Å²) in [5.74, 6) is 0. The molecule has 2 nitrogen and oxygen atoms in total. The van der Waals surface area contributed by atoms with E-state index in [1.54, 1.807) is 0 Å². The van der Waals surface area contributed by atoms with E-state index in [4.69, 9.17) is 8.85 Å². The van der Waals surface area contributed by atoms with Crippen molar-refractivity contribution < 1.29 is 8.85 Å². The Balaban J connectivity index is 5.15. The molecule has 3 heteroatoms. The summed E-state index contributed by atoms with van der Waals surface area (Å²) in [6.45, 7) is 17.5. The molecule has 17 heavy (non-hydrogen) atoms. The van der Waals surface area contributed by atoms with Crippen LogP contribution in [0.25, 0.3) is 0 Å². The van der Waals surface area contributed by atoms with Gasteiger partial charge >= 0.3 is 8.56 Å². The molecule has 0 aromatic carbocycles. The Morgan fingerprint density at radius 3 is 1.59 bits per heavy atom. The molecule has 0 aromatic heterocycles. The molecule has 0 aromatic rings. The predicted octanol–water partition coefficient (Wildman–Crippen LogP) is 4.88. The third kappa shape index (κ3) is 4.72. The van der Waals surface area contributed by atoms with Gasteiger partial charge in [-0.25, -0.2) is 0 Å². The van der Waals surface area contributed by atoms with Gasteiger partial charge in [-0.15, -0.1) is 0 Å². The van der Waals surface area contributed by atoms with E-state index in [9.17, 15) is 0 Å². The first-order valence-electron chi connectivity index (χ1n) is 7.06. The fourth-order valence-corrected chi connectivity index (χ4v) is 6.71. The lowest BCUT2D eigenvalue weighted by molar-refractivity contribution is 0.0850. The van der Waals surface area contributed by atoms with E-state index in [1.165, 1.54) is 12.8 Å². The molecule has 0 amide bonds. The Kier molecular flexibility index (Phi) is 6.96.